The first kappa shape index (κ1) is 19.1. The maximum absolute atomic E-state index is 3.20. The van der Waals surface area contributed by atoms with Crippen LogP contribution in [0, 0.1) is 6.07 Å². The SMILES string of the molecule is CCCCc1[c-]cccc1.Cl.Cl.[Ti]. The Morgan fingerprint density at radius 3 is 2.38 bits per heavy atom. The Bertz CT molecular complexity index is 178. The molecule has 1 aromatic rings. The average Bonchev–Trinajstić information content (AvgIpc) is 2.03. The predicted octanol–water partition coefficient (Wildman–Crippen LogP) is 3.67. The van der Waals surface area contributed by atoms with Crippen molar-refractivity contribution in [2.24, 2.45) is 0 Å². The van der Waals surface area contributed by atoms with Crippen molar-refractivity contribution < 1.29 is 21.7 Å². The summed E-state index contributed by atoms with van der Waals surface area (Å²) in [6, 6.07) is 11.4. The quantitative estimate of drug-likeness (QED) is 0.570. The van der Waals surface area contributed by atoms with Crippen molar-refractivity contribution in [3.05, 3.63) is 35.9 Å². The number of rotatable bonds is 3. The number of benzene rings is 1. The molecule has 0 amide bonds. The van der Waals surface area contributed by atoms with Crippen molar-refractivity contribution in [2.75, 3.05) is 0 Å². The molecule has 0 bridgehead atoms. The molecule has 0 fully saturated rings. The van der Waals surface area contributed by atoms with Gasteiger partial charge in [0.05, 0.1) is 0 Å². The van der Waals surface area contributed by atoms with Crippen LogP contribution in [0.1, 0.15) is 25.3 Å². The molecule has 0 unspecified atom stereocenters. The fourth-order valence-electron chi connectivity index (χ4n) is 0.953. The van der Waals surface area contributed by atoms with Crippen molar-refractivity contribution in [3.63, 3.8) is 0 Å². The number of unbranched alkanes of at least 4 members (excludes halogenated alkanes) is 1. The largest absolute Gasteiger partial charge is 0.180 e. The molecule has 0 saturated carbocycles. The van der Waals surface area contributed by atoms with E-state index >= 15 is 0 Å². The topological polar surface area (TPSA) is 0 Å². The molecule has 0 aliphatic rings. The van der Waals surface area contributed by atoms with Gasteiger partial charge >= 0.3 is 0 Å². The van der Waals surface area contributed by atoms with E-state index in [1.807, 2.05) is 12.1 Å². The van der Waals surface area contributed by atoms with Gasteiger partial charge in [-0.3, -0.25) is 0 Å². The third-order valence-electron chi connectivity index (χ3n) is 1.57. The normalized spacial score (nSPS) is 7.46. The van der Waals surface area contributed by atoms with E-state index in [-0.39, 0.29) is 46.5 Å². The molecule has 0 N–H and O–H groups in total. The van der Waals surface area contributed by atoms with Crippen molar-refractivity contribution in [2.45, 2.75) is 26.2 Å². The van der Waals surface area contributed by atoms with Crippen molar-refractivity contribution in [1.82, 2.24) is 0 Å². The van der Waals surface area contributed by atoms with E-state index in [1.165, 1.54) is 24.8 Å². The number of aryl methyl sites for hydroxylation is 1. The van der Waals surface area contributed by atoms with E-state index in [9.17, 15) is 0 Å². The average molecular weight is 254 g/mol. The maximum atomic E-state index is 3.20. The molecule has 13 heavy (non-hydrogen) atoms. The van der Waals surface area contributed by atoms with E-state index in [4.69, 9.17) is 0 Å². The van der Waals surface area contributed by atoms with E-state index in [0.29, 0.717) is 0 Å². The molecule has 0 aliphatic heterocycles. The zero-order valence-electron chi connectivity index (χ0n) is 7.75. The van der Waals surface area contributed by atoms with Crippen LogP contribution in [0.2, 0.25) is 0 Å². The molecule has 0 nitrogen and oxygen atoms in total. The van der Waals surface area contributed by atoms with Gasteiger partial charge in [0, 0.05) is 21.7 Å². The summed E-state index contributed by atoms with van der Waals surface area (Å²) >= 11 is 0. The van der Waals surface area contributed by atoms with Gasteiger partial charge < -0.3 is 0 Å². The van der Waals surface area contributed by atoms with Crippen LogP contribution in [0.5, 0.6) is 0 Å². The minimum absolute atomic E-state index is 0. The Morgan fingerprint density at radius 1 is 1.23 bits per heavy atom. The molecule has 0 saturated heterocycles. The van der Waals surface area contributed by atoms with E-state index < -0.39 is 0 Å². The summed E-state index contributed by atoms with van der Waals surface area (Å²) in [7, 11) is 0. The Morgan fingerprint density at radius 2 is 1.92 bits per heavy atom. The number of halogens is 2. The summed E-state index contributed by atoms with van der Waals surface area (Å²) in [5.74, 6) is 0. The molecule has 0 aromatic heterocycles. The van der Waals surface area contributed by atoms with Gasteiger partial charge in [0.15, 0.2) is 0 Å². The molecule has 0 atom stereocenters. The van der Waals surface area contributed by atoms with Crippen LogP contribution in [0.3, 0.4) is 0 Å². The standard InChI is InChI=1S/C10H13.2ClH.Ti/c1-2-3-7-10-8-5-4-6-9-10;;;/h4-6,8H,2-3,7H2,1H3;2*1H;/q-1;;;. The molecule has 1 aromatic carbocycles. The fourth-order valence-corrected chi connectivity index (χ4v) is 0.953. The summed E-state index contributed by atoms with van der Waals surface area (Å²) in [6.07, 6.45) is 3.72. The molecular weight excluding hydrogens is 239 g/mol. The molecular formula is C10H15Cl2Ti-. The number of hydrogen-bond donors (Lipinski definition) is 0. The van der Waals surface area contributed by atoms with Gasteiger partial charge in [-0.15, -0.1) is 24.8 Å². The second kappa shape index (κ2) is 12.5. The minimum Gasteiger partial charge on any atom is -0.180 e. The molecule has 1 rings (SSSR count). The summed E-state index contributed by atoms with van der Waals surface area (Å²) in [5, 5.41) is 0. The van der Waals surface area contributed by atoms with Gasteiger partial charge in [-0.25, -0.2) is 0 Å². The third-order valence-corrected chi connectivity index (χ3v) is 1.57. The minimum atomic E-state index is 0. The molecule has 0 radical (unpaired) electrons. The van der Waals surface area contributed by atoms with E-state index in [1.54, 1.807) is 0 Å². The Hall–Kier alpha value is 0.514. The second-order valence-corrected chi connectivity index (χ2v) is 2.49. The van der Waals surface area contributed by atoms with Gasteiger partial charge in [0.2, 0.25) is 0 Å². The molecule has 3 heteroatoms. The number of hydrogen-bond acceptors (Lipinski definition) is 0. The Labute approximate surface area is 108 Å². The smallest absolute Gasteiger partial charge is 0 e. The van der Waals surface area contributed by atoms with Crippen molar-refractivity contribution >= 4 is 24.8 Å². The van der Waals surface area contributed by atoms with Gasteiger partial charge in [0.25, 0.3) is 0 Å². The molecule has 0 spiro atoms. The first-order chi connectivity index (χ1) is 4.93. The zero-order chi connectivity index (χ0) is 7.23. The second-order valence-electron chi connectivity index (χ2n) is 2.49. The maximum Gasteiger partial charge on any atom is 0 e. The van der Waals surface area contributed by atoms with Crippen LogP contribution in [-0.2, 0) is 28.1 Å². The van der Waals surface area contributed by atoms with Crippen LogP contribution in [0.15, 0.2) is 24.3 Å². The van der Waals surface area contributed by atoms with Gasteiger partial charge in [0.1, 0.15) is 0 Å². The van der Waals surface area contributed by atoms with Gasteiger partial charge in [-0.1, -0.05) is 26.2 Å². The first-order valence-corrected chi connectivity index (χ1v) is 3.89. The van der Waals surface area contributed by atoms with Gasteiger partial charge in [-0.2, -0.15) is 35.9 Å². The Kier molecular flexibility index (Phi) is 18.4. The van der Waals surface area contributed by atoms with Gasteiger partial charge in [-0.05, 0) is 0 Å². The van der Waals surface area contributed by atoms with Crippen LogP contribution in [0.4, 0.5) is 0 Å². The fraction of sp³-hybridized carbons (Fsp3) is 0.400. The van der Waals surface area contributed by atoms with E-state index in [0.717, 1.165) is 0 Å². The van der Waals surface area contributed by atoms with Crippen LogP contribution < -0.4 is 0 Å². The summed E-state index contributed by atoms with van der Waals surface area (Å²) in [4.78, 5) is 0. The van der Waals surface area contributed by atoms with Crippen molar-refractivity contribution in [3.8, 4) is 0 Å². The van der Waals surface area contributed by atoms with Crippen LogP contribution >= 0.6 is 24.8 Å². The predicted molar refractivity (Wildman–Crippen MR) is 58.4 cm³/mol. The molecule has 0 aliphatic carbocycles. The monoisotopic (exact) mass is 253 g/mol. The summed E-state index contributed by atoms with van der Waals surface area (Å²) < 4.78 is 0. The first-order valence-electron chi connectivity index (χ1n) is 3.89. The third kappa shape index (κ3) is 8.83. The molecule has 0 heterocycles. The summed E-state index contributed by atoms with van der Waals surface area (Å²) in [5.41, 5.74) is 1.34. The van der Waals surface area contributed by atoms with E-state index in [2.05, 4.69) is 25.1 Å². The van der Waals surface area contributed by atoms with Crippen LogP contribution in [0.25, 0.3) is 0 Å². The molecule has 74 valence electrons. The Balaban J connectivity index is -0.000000333. The van der Waals surface area contributed by atoms with Crippen molar-refractivity contribution in [1.29, 1.82) is 0 Å². The summed E-state index contributed by atoms with van der Waals surface area (Å²) in [6.45, 7) is 2.21. The van der Waals surface area contributed by atoms with Crippen LogP contribution in [-0.4, -0.2) is 0 Å². The zero-order valence-corrected chi connectivity index (χ0v) is 10.9.